The Hall–Kier alpha value is -3.33. The van der Waals surface area contributed by atoms with Crippen LogP contribution in [-0.4, -0.2) is 26.2 Å². The maximum Gasteiger partial charge on any atom is 0.330 e. The van der Waals surface area contributed by atoms with Gasteiger partial charge in [-0.25, -0.2) is 4.79 Å². The van der Waals surface area contributed by atoms with E-state index in [9.17, 15) is 14.4 Å². The number of carbonyl (C=O) groups excluding carboxylic acids is 1. The van der Waals surface area contributed by atoms with Crippen LogP contribution in [0.1, 0.15) is 30.9 Å². The van der Waals surface area contributed by atoms with Gasteiger partial charge in [0.1, 0.15) is 5.82 Å². The average Bonchev–Trinajstić information content (AvgIpc) is 2.79. The number of H-pyrrole nitrogens is 1. The number of anilines is 2. The number of nitrogens with two attached hydrogens (primary N) is 1. The van der Waals surface area contributed by atoms with Crippen molar-refractivity contribution >= 4 is 29.2 Å². The first-order valence-electron chi connectivity index (χ1n) is 10.4. The van der Waals surface area contributed by atoms with Crippen molar-refractivity contribution in [3.63, 3.8) is 0 Å². The number of hydrogen-bond donors (Lipinski definition) is 2. The molecule has 0 bridgehead atoms. The molecule has 3 rings (SSSR count). The molecule has 2 aromatic heterocycles. The molecule has 0 saturated heterocycles. The van der Waals surface area contributed by atoms with E-state index in [1.54, 1.807) is 12.4 Å². The van der Waals surface area contributed by atoms with E-state index >= 15 is 0 Å². The molecular formula is C23H27N5O3S. The van der Waals surface area contributed by atoms with Gasteiger partial charge >= 0.3 is 5.69 Å². The highest BCUT2D eigenvalue weighted by molar-refractivity contribution is 7.99. The first-order valence-corrected chi connectivity index (χ1v) is 11.6. The van der Waals surface area contributed by atoms with Gasteiger partial charge in [0.05, 0.1) is 12.3 Å². The van der Waals surface area contributed by atoms with E-state index in [-0.39, 0.29) is 29.7 Å². The van der Waals surface area contributed by atoms with Crippen LogP contribution in [0, 0.1) is 0 Å². The van der Waals surface area contributed by atoms with Crippen molar-refractivity contribution < 1.29 is 4.79 Å². The van der Waals surface area contributed by atoms with Crippen LogP contribution < -0.4 is 21.9 Å². The second-order valence-corrected chi connectivity index (χ2v) is 8.30. The molecule has 0 unspecified atom stereocenters. The minimum Gasteiger partial charge on any atom is -0.383 e. The van der Waals surface area contributed by atoms with Gasteiger partial charge in [0.2, 0.25) is 5.91 Å². The first-order chi connectivity index (χ1) is 15.5. The van der Waals surface area contributed by atoms with Crippen molar-refractivity contribution in [3.8, 4) is 0 Å². The average molecular weight is 454 g/mol. The SMILES string of the molecule is CCCCn1c(N)c(N(Cc2ccccc2)C(=O)CSCc2cccnc2)c(=O)[nH]c1=O. The zero-order valence-corrected chi connectivity index (χ0v) is 18.8. The van der Waals surface area contributed by atoms with Crippen LogP contribution >= 0.6 is 11.8 Å². The normalized spacial score (nSPS) is 10.8. The van der Waals surface area contributed by atoms with E-state index < -0.39 is 11.2 Å². The molecule has 0 radical (unpaired) electrons. The molecule has 0 aliphatic carbocycles. The Labute approximate surface area is 190 Å². The summed E-state index contributed by atoms with van der Waals surface area (Å²) in [5, 5.41) is 0. The van der Waals surface area contributed by atoms with Crippen molar-refractivity contribution in [3.05, 3.63) is 86.8 Å². The zero-order chi connectivity index (χ0) is 22.9. The molecule has 0 aliphatic rings. The van der Waals surface area contributed by atoms with Crippen LogP contribution in [0.2, 0.25) is 0 Å². The Bertz CT molecular complexity index is 1150. The summed E-state index contributed by atoms with van der Waals surface area (Å²) in [5.41, 5.74) is 6.91. The number of benzene rings is 1. The smallest absolute Gasteiger partial charge is 0.330 e. The van der Waals surface area contributed by atoms with Crippen LogP contribution in [0.4, 0.5) is 11.5 Å². The quantitative estimate of drug-likeness (QED) is 0.488. The lowest BCUT2D eigenvalue weighted by molar-refractivity contribution is -0.116. The third-order valence-electron chi connectivity index (χ3n) is 4.92. The van der Waals surface area contributed by atoms with Gasteiger partial charge in [-0.3, -0.25) is 29.0 Å². The lowest BCUT2D eigenvalue weighted by atomic mass is 10.2. The summed E-state index contributed by atoms with van der Waals surface area (Å²) in [6.07, 6.45) is 5.04. The number of nitrogen functional groups attached to an aromatic ring is 1. The Kier molecular flexibility index (Phi) is 8.27. The molecule has 3 aromatic rings. The van der Waals surface area contributed by atoms with Gasteiger partial charge in [-0.15, -0.1) is 11.8 Å². The van der Waals surface area contributed by atoms with E-state index in [1.165, 1.54) is 21.2 Å². The number of carbonyl (C=O) groups is 1. The highest BCUT2D eigenvalue weighted by Gasteiger charge is 2.24. The Morgan fingerprint density at radius 2 is 1.91 bits per heavy atom. The minimum absolute atomic E-state index is 0.00809. The highest BCUT2D eigenvalue weighted by Crippen LogP contribution is 2.22. The lowest BCUT2D eigenvalue weighted by Crippen LogP contribution is -2.41. The van der Waals surface area contributed by atoms with Crippen LogP contribution in [0.25, 0.3) is 0 Å². The topological polar surface area (TPSA) is 114 Å². The maximum absolute atomic E-state index is 13.2. The minimum atomic E-state index is -0.665. The van der Waals surface area contributed by atoms with Crippen LogP contribution in [0.15, 0.2) is 64.4 Å². The Morgan fingerprint density at radius 3 is 2.59 bits per heavy atom. The maximum atomic E-state index is 13.2. The molecule has 1 amide bonds. The van der Waals surface area contributed by atoms with Gasteiger partial charge < -0.3 is 5.73 Å². The molecule has 0 spiro atoms. The number of aromatic nitrogens is 3. The van der Waals surface area contributed by atoms with E-state index in [1.807, 2.05) is 49.4 Å². The second kappa shape index (κ2) is 11.3. The summed E-state index contributed by atoms with van der Waals surface area (Å²) in [7, 11) is 0. The number of unbranched alkanes of at least 4 members (excludes halogenated alkanes) is 1. The van der Waals surface area contributed by atoms with E-state index in [0.717, 1.165) is 24.0 Å². The van der Waals surface area contributed by atoms with Gasteiger partial charge in [-0.1, -0.05) is 49.7 Å². The third-order valence-corrected chi connectivity index (χ3v) is 5.91. The fraction of sp³-hybridized carbons (Fsp3) is 0.304. The predicted octanol–water partition coefficient (Wildman–Crippen LogP) is 2.78. The summed E-state index contributed by atoms with van der Waals surface area (Å²) in [6, 6.07) is 13.2. The molecule has 8 nitrogen and oxygen atoms in total. The van der Waals surface area contributed by atoms with Crippen LogP contribution in [0.5, 0.6) is 0 Å². The summed E-state index contributed by atoms with van der Waals surface area (Å²) in [6.45, 7) is 2.54. The number of rotatable bonds is 10. The van der Waals surface area contributed by atoms with E-state index in [4.69, 9.17) is 5.73 Å². The lowest BCUT2D eigenvalue weighted by Gasteiger charge is -2.24. The van der Waals surface area contributed by atoms with Crippen molar-refractivity contribution in [1.82, 2.24) is 14.5 Å². The number of aromatic amines is 1. The number of hydrogen-bond acceptors (Lipinski definition) is 6. The standard InChI is InChI=1S/C23H27N5O3S/c1-2-3-12-27-21(24)20(22(30)26-23(27)31)28(14-17-8-5-4-6-9-17)19(29)16-32-15-18-10-7-11-25-13-18/h4-11,13H,2-3,12,14-16,24H2,1H3,(H,26,30,31). The molecule has 3 N–H and O–H groups in total. The van der Waals surface area contributed by atoms with Crippen molar-refractivity contribution in [1.29, 1.82) is 0 Å². The number of thioether (sulfide) groups is 1. The largest absolute Gasteiger partial charge is 0.383 e. The zero-order valence-electron chi connectivity index (χ0n) is 18.0. The fourth-order valence-corrected chi connectivity index (χ4v) is 4.09. The van der Waals surface area contributed by atoms with Crippen LogP contribution in [0.3, 0.4) is 0 Å². The molecule has 32 heavy (non-hydrogen) atoms. The van der Waals surface area contributed by atoms with Gasteiger partial charge in [0.15, 0.2) is 5.69 Å². The first kappa shape index (κ1) is 23.3. The fourth-order valence-electron chi connectivity index (χ4n) is 3.25. The number of pyridine rings is 1. The molecular weight excluding hydrogens is 426 g/mol. The molecule has 0 aliphatic heterocycles. The van der Waals surface area contributed by atoms with Gasteiger partial charge in [-0.2, -0.15) is 0 Å². The van der Waals surface area contributed by atoms with Gasteiger partial charge in [0.25, 0.3) is 5.56 Å². The predicted molar refractivity (Wildman–Crippen MR) is 129 cm³/mol. The second-order valence-electron chi connectivity index (χ2n) is 7.32. The summed E-state index contributed by atoms with van der Waals surface area (Å²) in [4.78, 5) is 46.1. The van der Waals surface area contributed by atoms with Crippen molar-refractivity contribution in [2.75, 3.05) is 16.4 Å². The van der Waals surface area contributed by atoms with E-state index in [0.29, 0.717) is 12.3 Å². The molecule has 0 fully saturated rings. The molecule has 1 aromatic carbocycles. The summed E-state index contributed by atoms with van der Waals surface area (Å²) >= 11 is 1.43. The monoisotopic (exact) mass is 453 g/mol. The molecule has 9 heteroatoms. The molecule has 2 heterocycles. The Balaban J connectivity index is 1.91. The molecule has 0 saturated carbocycles. The van der Waals surface area contributed by atoms with Crippen molar-refractivity contribution in [2.45, 2.75) is 38.6 Å². The van der Waals surface area contributed by atoms with Gasteiger partial charge in [-0.05, 0) is 23.6 Å². The molecule has 0 atom stereocenters. The van der Waals surface area contributed by atoms with E-state index in [2.05, 4.69) is 9.97 Å². The Morgan fingerprint density at radius 1 is 1.16 bits per heavy atom. The summed E-state index contributed by atoms with van der Waals surface area (Å²) < 4.78 is 1.33. The van der Waals surface area contributed by atoms with Crippen LogP contribution in [-0.2, 0) is 23.6 Å². The van der Waals surface area contributed by atoms with Gasteiger partial charge in [0, 0.05) is 24.7 Å². The number of nitrogens with zero attached hydrogens (tertiary/aromatic N) is 3. The highest BCUT2D eigenvalue weighted by atomic mass is 32.2. The third kappa shape index (κ3) is 5.88. The number of nitrogens with one attached hydrogen (secondary N) is 1. The molecule has 168 valence electrons. The summed E-state index contributed by atoms with van der Waals surface area (Å²) in [5.74, 6) is 0.504. The number of amides is 1. The van der Waals surface area contributed by atoms with Crippen molar-refractivity contribution in [2.24, 2.45) is 0 Å².